The highest BCUT2D eigenvalue weighted by Crippen LogP contribution is 2.32. The minimum absolute atomic E-state index is 0.0856. The molecule has 0 fully saturated rings. The van der Waals surface area contributed by atoms with Gasteiger partial charge in [-0.2, -0.15) is 0 Å². The number of halogens is 3. The normalized spacial score (nSPS) is 12.7. The minimum atomic E-state index is 0.0856. The highest BCUT2D eigenvalue weighted by molar-refractivity contribution is 9.11. The first-order chi connectivity index (χ1) is 8.61. The van der Waals surface area contributed by atoms with Gasteiger partial charge in [-0.1, -0.05) is 37.9 Å². The lowest BCUT2D eigenvalue weighted by Gasteiger charge is -2.17. The summed E-state index contributed by atoms with van der Waals surface area (Å²) in [7, 11) is 0. The Kier molecular flexibility index (Phi) is 5.41. The Balaban J connectivity index is 2.26. The maximum atomic E-state index is 5.69. The van der Waals surface area contributed by atoms with Gasteiger partial charge in [0.2, 0.25) is 0 Å². The van der Waals surface area contributed by atoms with Crippen molar-refractivity contribution in [2.45, 2.75) is 12.5 Å². The van der Waals surface area contributed by atoms with Gasteiger partial charge in [0.1, 0.15) is 0 Å². The molecule has 96 valence electrons. The van der Waals surface area contributed by atoms with Gasteiger partial charge < -0.3 is 0 Å². The third kappa shape index (κ3) is 3.43. The van der Waals surface area contributed by atoms with Crippen LogP contribution in [0, 0.1) is 0 Å². The van der Waals surface area contributed by atoms with Gasteiger partial charge in [-0.15, -0.1) is 11.3 Å². The molecule has 6 heteroatoms. The molecule has 1 atom stereocenters. The average Bonchev–Trinajstić information content (AvgIpc) is 2.73. The van der Waals surface area contributed by atoms with Gasteiger partial charge in [0, 0.05) is 24.7 Å². The summed E-state index contributed by atoms with van der Waals surface area (Å²) in [6.45, 7) is 0. The molecule has 0 aliphatic rings. The lowest BCUT2D eigenvalue weighted by molar-refractivity contribution is 0.553. The van der Waals surface area contributed by atoms with Crippen molar-refractivity contribution in [3.05, 3.63) is 53.5 Å². The second-order valence-electron chi connectivity index (χ2n) is 3.78. The zero-order valence-electron chi connectivity index (χ0n) is 9.29. The number of hydrogen-bond acceptors (Lipinski definition) is 3. The van der Waals surface area contributed by atoms with Crippen LogP contribution in [0.1, 0.15) is 16.5 Å². The van der Waals surface area contributed by atoms with Crippen LogP contribution in [0.4, 0.5) is 0 Å². The summed E-state index contributed by atoms with van der Waals surface area (Å²) in [4.78, 5) is 1.28. The number of thiophene rings is 1. The standard InChI is InChI=1S/C12H11Br3N2S/c13-7-1-2-8(10(15)5-7)11(17-16)6-12-9(14)3-4-18-12/h1-5,11,17H,6,16H2. The van der Waals surface area contributed by atoms with Crippen LogP contribution in [0.25, 0.3) is 0 Å². The third-order valence-electron chi connectivity index (χ3n) is 2.62. The lowest BCUT2D eigenvalue weighted by atomic mass is 10.0. The number of hydrazine groups is 1. The van der Waals surface area contributed by atoms with Gasteiger partial charge in [-0.3, -0.25) is 11.3 Å². The molecule has 2 rings (SSSR count). The summed E-state index contributed by atoms with van der Waals surface area (Å²) in [5, 5.41) is 2.07. The summed E-state index contributed by atoms with van der Waals surface area (Å²) in [6.07, 6.45) is 0.856. The molecule has 1 aromatic heterocycles. The van der Waals surface area contributed by atoms with Gasteiger partial charge >= 0.3 is 0 Å². The molecule has 0 bridgehead atoms. The zero-order valence-corrected chi connectivity index (χ0v) is 14.9. The molecule has 0 amide bonds. The van der Waals surface area contributed by atoms with Crippen molar-refractivity contribution < 1.29 is 0 Å². The molecule has 0 aliphatic heterocycles. The highest BCUT2D eigenvalue weighted by Gasteiger charge is 2.16. The molecule has 1 heterocycles. The summed E-state index contributed by atoms with van der Waals surface area (Å²) in [6, 6.07) is 8.27. The Bertz CT molecular complexity index is 542. The molecule has 1 aromatic carbocycles. The molecule has 0 radical (unpaired) electrons. The van der Waals surface area contributed by atoms with Crippen LogP contribution in [0.2, 0.25) is 0 Å². The SMILES string of the molecule is NNC(Cc1sccc1Br)c1ccc(Br)cc1Br. The van der Waals surface area contributed by atoms with E-state index >= 15 is 0 Å². The van der Waals surface area contributed by atoms with Gasteiger partial charge in [-0.05, 0) is 45.1 Å². The smallest absolute Gasteiger partial charge is 0.0519 e. The fraction of sp³-hybridized carbons (Fsp3) is 0.167. The van der Waals surface area contributed by atoms with Gasteiger partial charge in [0.15, 0.2) is 0 Å². The van der Waals surface area contributed by atoms with Crippen molar-refractivity contribution in [2.24, 2.45) is 5.84 Å². The van der Waals surface area contributed by atoms with Crippen molar-refractivity contribution in [1.29, 1.82) is 0 Å². The molecule has 1 unspecified atom stereocenters. The van der Waals surface area contributed by atoms with Gasteiger partial charge in [-0.25, -0.2) is 0 Å². The van der Waals surface area contributed by atoms with Crippen molar-refractivity contribution in [1.82, 2.24) is 5.43 Å². The average molecular weight is 455 g/mol. The Hall–Kier alpha value is 0.280. The Morgan fingerprint density at radius 2 is 1.94 bits per heavy atom. The van der Waals surface area contributed by atoms with Crippen molar-refractivity contribution in [3.8, 4) is 0 Å². The van der Waals surface area contributed by atoms with E-state index in [0.29, 0.717) is 0 Å². The largest absolute Gasteiger partial charge is 0.271 e. The van der Waals surface area contributed by atoms with E-state index in [1.54, 1.807) is 11.3 Å². The van der Waals surface area contributed by atoms with Crippen molar-refractivity contribution >= 4 is 59.1 Å². The van der Waals surface area contributed by atoms with Gasteiger partial charge in [0.25, 0.3) is 0 Å². The summed E-state index contributed by atoms with van der Waals surface area (Å²) in [5.74, 6) is 5.69. The maximum absolute atomic E-state index is 5.69. The van der Waals surface area contributed by atoms with Crippen molar-refractivity contribution in [3.63, 3.8) is 0 Å². The molecular weight excluding hydrogens is 444 g/mol. The molecule has 0 aliphatic carbocycles. The van der Waals surface area contributed by atoms with Crippen LogP contribution in [0.3, 0.4) is 0 Å². The highest BCUT2D eigenvalue weighted by atomic mass is 79.9. The van der Waals surface area contributed by atoms with Gasteiger partial charge in [0.05, 0.1) is 6.04 Å². The summed E-state index contributed by atoms with van der Waals surface area (Å²) < 4.78 is 3.24. The first-order valence-corrected chi connectivity index (χ1v) is 8.50. The topological polar surface area (TPSA) is 38.0 Å². The van der Waals surface area contributed by atoms with E-state index in [9.17, 15) is 0 Å². The number of benzene rings is 1. The van der Waals surface area contributed by atoms with E-state index in [-0.39, 0.29) is 6.04 Å². The van der Waals surface area contributed by atoms with Crippen LogP contribution in [-0.4, -0.2) is 0 Å². The van der Waals surface area contributed by atoms with Crippen LogP contribution in [-0.2, 0) is 6.42 Å². The predicted octanol–water partition coefficient (Wildman–Crippen LogP) is 4.78. The fourth-order valence-corrected chi connectivity index (χ4v) is 4.58. The number of nitrogens with two attached hydrogens (primary N) is 1. The maximum Gasteiger partial charge on any atom is 0.0519 e. The Morgan fingerprint density at radius 1 is 1.17 bits per heavy atom. The Morgan fingerprint density at radius 3 is 2.50 bits per heavy atom. The summed E-state index contributed by atoms with van der Waals surface area (Å²) >= 11 is 12.3. The van der Waals surface area contributed by atoms with Crippen LogP contribution in [0.5, 0.6) is 0 Å². The van der Waals surface area contributed by atoms with E-state index in [4.69, 9.17) is 5.84 Å². The zero-order chi connectivity index (χ0) is 13.1. The molecular formula is C12H11Br3N2S. The monoisotopic (exact) mass is 452 g/mol. The van der Waals surface area contributed by atoms with Crippen LogP contribution < -0.4 is 11.3 Å². The second-order valence-corrected chi connectivity index (χ2v) is 7.41. The second kappa shape index (κ2) is 6.63. The van der Waals surface area contributed by atoms with Crippen LogP contribution >= 0.6 is 59.1 Å². The molecule has 3 N–H and O–H groups in total. The minimum Gasteiger partial charge on any atom is -0.271 e. The van der Waals surface area contributed by atoms with E-state index < -0.39 is 0 Å². The number of hydrogen-bond donors (Lipinski definition) is 2. The quantitative estimate of drug-likeness (QED) is 0.515. The van der Waals surface area contributed by atoms with E-state index in [1.165, 1.54) is 4.88 Å². The molecule has 2 aromatic rings. The molecule has 18 heavy (non-hydrogen) atoms. The molecule has 0 saturated heterocycles. The number of nitrogens with one attached hydrogen (secondary N) is 1. The predicted molar refractivity (Wildman–Crippen MR) is 87.6 cm³/mol. The van der Waals surface area contributed by atoms with E-state index in [0.717, 1.165) is 25.4 Å². The molecule has 0 saturated carbocycles. The first kappa shape index (κ1) is 14.7. The van der Waals surface area contributed by atoms with Crippen molar-refractivity contribution in [2.75, 3.05) is 0 Å². The Labute approximate surface area is 135 Å². The summed E-state index contributed by atoms with van der Waals surface area (Å²) in [5.41, 5.74) is 4.04. The fourth-order valence-electron chi connectivity index (χ4n) is 1.70. The number of rotatable bonds is 4. The third-order valence-corrected chi connectivity index (χ3v) is 5.75. The lowest BCUT2D eigenvalue weighted by Crippen LogP contribution is -2.29. The molecule has 2 nitrogen and oxygen atoms in total. The van der Waals surface area contributed by atoms with Crippen LogP contribution in [0.15, 0.2) is 43.1 Å². The van der Waals surface area contributed by atoms with E-state index in [2.05, 4.69) is 70.7 Å². The first-order valence-electron chi connectivity index (χ1n) is 5.24. The molecule has 0 spiro atoms. The van der Waals surface area contributed by atoms with E-state index in [1.807, 2.05) is 12.1 Å².